The highest BCUT2D eigenvalue weighted by atomic mass is 14.6. The van der Waals surface area contributed by atoms with E-state index in [1.54, 1.807) is 0 Å². The lowest BCUT2D eigenvalue weighted by Gasteiger charge is -2.31. The average molecular weight is 422 g/mol. The lowest BCUT2D eigenvalue weighted by molar-refractivity contribution is 0.565. The fourth-order valence-electron chi connectivity index (χ4n) is 4.03. The molecule has 0 bridgehead atoms. The van der Waals surface area contributed by atoms with Crippen LogP contribution in [0.1, 0.15) is 129 Å². The maximum Gasteiger partial charge on any atom is 0.0390 e. The van der Waals surface area contributed by atoms with Gasteiger partial charge in [0, 0.05) is 11.6 Å². The summed E-state index contributed by atoms with van der Waals surface area (Å²) in [4.78, 5) is 0. The molecule has 2 rings (SSSR count). The molecule has 2 aromatic rings. The molecule has 2 N–H and O–H groups in total. The molecule has 0 fully saturated rings. The van der Waals surface area contributed by atoms with Gasteiger partial charge in [-0.15, -0.1) is 0 Å². The predicted octanol–water partition coefficient (Wildman–Crippen LogP) is 8.61. The second-order valence-corrected chi connectivity index (χ2v) is 13.6. The first-order valence-corrected chi connectivity index (χ1v) is 11.8. The quantitative estimate of drug-likeness (QED) is 0.482. The highest BCUT2D eigenvalue weighted by Gasteiger charge is 2.27. The molecule has 0 saturated carbocycles. The minimum absolute atomic E-state index is 0.00361. The lowest BCUT2D eigenvalue weighted by atomic mass is 9.74. The molecule has 0 heterocycles. The van der Waals surface area contributed by atoms with Gasteiger partial charge in [-0.3, -0.25) is 0 Å². The van der Waals surface area contributed by atoms with Crippen LogP contribution in [0.5, 0.6) is 0 Å². The molecule has 0 amide bonds. The normalized spacial score (nSPS) is 14.6. The van der Waals surface area contributed by atoms with Crippen molar-refractivity contribution in [2.24, 2.45) is 0 Å². The standard InChI is InChI=1S/C30H47N/c1-19(20-14-21(27(2,3)4)16-22(15-20)28(5,6)7)24-17-23(29(8,9)10)18-25(26(24)31)30(11,12)13/h14-19H,31H2,1-13H3. The Balaban J connectivity index is 2.81. The van der Waals surface area contributed by atoms with Crippen molar-refractivity contribution in [2.75, 3.05) is 5.73 Å². The van der Waals surface area contributed by atoms with Gasteiger partial charge in [-0.25, -0.2) is 0 Å². The van der Waals surface area contributed by atoms with Crippen LogP contribution in [-0.4, -0.2) is 0 Å². The molecule has 0 aromatic heterocycles. The van der Waals surface area contributed by atoms with E-state index in [0.29, 0.717) is 0 Å². The third kappa shape index (κ3) is 5.73. The van der Waals surface area contributed by atoms with E-state index in [-0.39, 0.29) is 27.6 Å². The summed E-state index contributed by atoms with van der Waals surface area (Å²) in [7, 11) is 0. The molecule has 1 nitrogen and oxygen atoms in total. The summed E-state index contributed by atoms with van der Waals surface area (Å²) in [6.07, 6.45) is 0. The van der Waals surface area contributed by atoms with E-state index in [4.69, 9.17) is 5.73 Å². The number of nitrogen functional groups attached to an aromatic ring is 1. The maximum absolute atomic E-state index is 6.87. The first-order valence-electron chi connectivity index (χ1n) is 11.8. The van der Waals surface area contributed by atoms with E-state index >= 15 is 0 Å². The molecule has 1 atom stereocenters. The Kier molecular flexibility index (Phi) is 6.57. The van der Waals surface area contributed by atoms with Crippen LogP contribution in [0.4, 0.5) is 5.69 Å². The summed E-state index contributed by atoms with van der Waals surface area (Å²) in [6.45, 7) is 29.8. The van der Waals surface area contributed by atoms with Gasteiger partial charge in [0.05, 0.1) is 0 Å². The number of anilines is 1. The van der Waals surface area contributed by atoms with E-state index in [9.17, 15) is 0 Å². The van der Waals surface area contributed by atoms with Crippen LogP contribution in [0.3, 0.4) is 0 Å². The predicted molar refractivity (Wildman–Crippen MR) is 140 cm³/mol. The van der Waals surface area contributed by atoms with E-state index in [1.165, 1.54) is 33.4 Å². The summed E-state index contributed by atoms with van der Waals surface area (Å²) in [5.41, 5.74) is 16.1. The molecular formula is C30H47N. The zero-order chi connectivity index (χ0) is 24.2. The molecule has 31 heavy (non-hydrogen) atoms. The Bertz CT molecular complexity index is 902. The molecule has 2 aromatic carbocycles. The summed E-state index contributed by atoms with van der Waals surface area (Å²) in [5.74, 6) is 0.229. The van der Waals surface area contributed by atoms with Crippen molar-refractivity contribution >= 4 is 5.69 Å². The minimum Gasteiger partial charge on any atom is -0.398 e. The van der Waals surface area contributed by atoms with Crippen molar-refractivity contribution in [1.82, 2.24) is 0 Å². The van der Waals surface area contributed by atoms with Crippen LogP contribution in [0.15, 0.2) is 30.3 Å². The van der Waals surface area contributed by atoms with Gasteiger partial charge in [0.2, 0.25) is 0 Å². The fraction of sp³-hybridized carbons (Fsp3) is 0.600. The Hall–Kier alpha value is -1.76. The van der Waals surface area contributed by atoms with Crippen LogP contribution in [0.25, 0.3) is 0 Å². The lowest BCUT2D eigenvalue weighted by Crippen LogP contribution is -2.21. The topological polar surface area (TPSA) is 26.0 Å². The van der Waals surface area contributed by atoms with Crippen LogP contribution in [0, 0.1) is 0 Å². The van der Waals surface area contributed by atoms with Crippen LogP contribution < -0.4 is 5.73 Å². The largest absolute Gasteiger partial charge is 0.398 e. The van der Waals surface area contributed by atoms with Crippen molar-refractivity contribution in [3.05, 3.63) is 63.7 Å². The molecule has 172 valence electrons. The fourth-order valence-corrected chi connectivity index (χ4v) is 4.03. The summed E-state index contributed by atoms with van der Waals surface area (Å²) in [6, 6.07) is 11.9. The molecule has 0 radical (unpaired) electrons. The zero-order valence-electron chi connectivity index (χ0n) is 22.5. The summed E-state index contributed by atoms with van der Waals surface area (Å²) in [5, 5.41) is 0. The van der Waals surface area contributed by atoms with Crippen LogP contribution in [-0.2, 0) is 21.7 Å². The van der Waals surface area contributed by atoms with Gasteiger partial charge in [0.15, 0.2) is 0 Å². The van der Waals surface area contributed by atoms with E-state index in [2.05, 4.69) is 120 Å². The third-order valence-corrected chi connectivity index (χ3v) is 6.54. The maximum atomic E-state index is 6.87. The van der Waals surface area contributed by atoms with Gasteiger partial charge >= 0.3 is 0 Å². The second-order valence-electron chi connectivity index (χ2n) is 13.6. The van der Waals surface area contributed by atoms with Crippen LogP contribution in [0.2, 0.25) is 0 Å². The van der Waals surface area contributed by atoms with Crippen molar-refractivity contribution in [3.8, 4) is 0 Å². The average Bonchev–Trinajstić information content (AvgIpc) is 2.57. The van der Waals surface area contributed by atoms with E-state index < -0.39 is 0 Å². The Labute approximate surface area is 192 Å². The third-order valence-electron chi connectivity index (χ3n) is 6.54. The minimum atomic E-state index is 0.00361. The molecule has 1 heteroatoms. The van der Waals surface area contributed by atoms with Crippen LogP contribution >= 0.6 is 0 Å². The first-order chi connectivity index (χ1) is 13.7. The van der Waals surface area contributed by atoms with Gasteiger partial charge in [0.25, 0.3) is 0 Å². The van der Waals surface area contributed by atoms with E-state index in [1.807, 2.05) is 0 Å². The van der Waals surface area contributed by atoms with Crippen molar-refractivity contribution in [3.63, 3.8) is 0 Å². The number of hydrogen-bond acceptors (Lipinski definition) is 1. The van der Waals surface area contributed by atoms with E-state index in [0.717, 1.165) is 5.69 Å². The number of nitrogens with two attached hydrogens (primary N) is 1. The SMILES string of the molecule is CC(c1cc(C(C)(C)C)cc(C(C)(C)C)c1)c1cc(C(C)(C)C)cc(C(C)(C)C)c1N. The second kappa shape index (κ2) is 7.98. The Morgan fingerprint density at radius 3 is 1.29 bits per heavy atom. The summed E-state index contributed by atoms with van der Waals surface area (Å²) < 4.78 is 0. The van der Waals surface area contributed by atoms with Crippen molar-refractivity contribution in [2.45, 2.75) is 118 Å². The van der Waals surface area contributed by atoms with Gasteiger partial charge < -0.3 is 5.73 Å². The summed E-state index contributed by atoms with van der Waals surface area (Å²) >= 11 is 0. The highest BCUT2D eigenvalue weighted by Crippen LogP contribution is 2.41. The first kappa shape index (κ1) is 25.5. The van der Waals surface area contributed by atoms with Crippen molar-refractivity contribution < 1.29 is 0 Å². The van der Waals surface area contributed by atoms with Gasteiger partial charge in [0.1, 0.15) is 0 Å². The molecule has 0 saturated heterocycles. The molecule has 0 aliphatic carbocycles. The molecule has 0 aliphatic rings. The number of rotatable bonds is 2. The monoisotopic (exact) mass is 421 g/mol. The number of benzene rings is 2. The molecule has 1 unspecified atom stereocenters. The number of hydrogen-bond donors (Lipinski definition) is 1. The molecule has 0 aliphatic heterocycles. The molecule has 0 spiro atoms. The van der Waals surface area contributed by atoms with Gasteiger partial charge in [-0.1, -0.05) is 120 Å². The zero-order valence-corrected chi connectivity index (χ0v) is 22.5. The highest BCUT2D eigenvalue weighted by molar-refractivity contribution is 5.62. The van der Waals surface area contributed by atoms with Gasteiger partial charge in [-0.2, -0.15) is 0 Å². The Morgan fingerprint density at radius 1 is 0.548 bits per heavy atom. The Morgan fingerprint density at radius 2 is 0.935 bits per heavy atom. The van der Waals surface area contributed by atoms with Crippen molar-refractivity contribution in [1.29, 1.82) is 0 Å². The van der Waals surface area contributed by atoms with Gasteiger partial charge in [-0.05, 0) is 55.0 Å². The smallest absolute Gasteiger partial charge is 0.0390 e. The molecular weight excluding hydrogens is 374 g/mol.